The molecule has 0 spiro atoms. The molecule has 1 saturated heterocycles. The quantitative estimate of drug-likeness (QED) is 0.470. The predicted octanol–water partition coefficient (Wildman–Crippen LogP) is 5.43. The number of para-hydroxylation sites is 1. The highest BCUT2D eigenvalue weighted by Gasteiger charge is 2.30. The van der Waals surface area contributed by atoms with Crippen molar-refractivity contribution in [2.24, 2.45) is 0 Å². The summed E-state index contributed by atoms with van der Waals surface area (Å²) in [5.41, 5.74) is 4.15. The number of nitriles is 1. The van der Waals surface area contributed by atoms with E-state index in [2.05, 4.69) is 21.6 Å². The average molecular weight is 525 g/mol. The fraction of sp³-hybridized carbons (Fsp3) is 0.240. The number of amides is 1. The molecule has 0 aliphatic carbocycles. The lowest BCUT2D eigenvalue weighted by molar-refractivity contribution is 0.0986. The van der Waals surface area contributed by atoms with Crippen LogP contribution in [0.1, 0.15) is 21.5 Å². The third-order valence-corrected chi connectivity index (χ3v) is 7.61. The molecule has 0 unspecified atom stereocenters. The molecule has 10 heteroatoms. The Hall–Kier alpha value is -2.96. The number of benzene rings is 2. The largest absolute Gasteiger partial charge is 0.368 e. The highest BCUT2D eigenvalue weighted by Crippen LogP contribution is 2.40. The number of anilines is 4. The van der Waals surface area contributed by atoms with E-state index in [9.17, 15) is 10.1 Å². The van der Waals surface area contributed by atoms with Crippen LogP contribution in [-0.4, -0.2) is 42.9 Å². The molecule has 0 radical (unpaired) electrons. The first kappa shape index (κ1) is 23.8. The molecule has 1 aromatic heterocycles. The number of carbonyl (C=O) groups excluding carboxylic acids is 1. The van der Waals surface area contributed by atoms with Gasteiger partial charge in [-0.1, -0.05) is 41.0 Å². The summed E-state index contributed by atoms with van der Waals surface area (Å²) in [5, 5.41) is 17.9. The van der Waals surface area contributed by atoms with Crippen LogP contribution < -0.4 is 20.4 Å². The average Bonchev–Trinajstić information content (AvgIpc) is 2.86. The lowest BCUT2D eigenvalue weighted by Gasteiger charge is -2.30. The van der Waals surface area contributed by atoms with Crippen LogP contribution in [0.25, 0.3) is 0 Å². The first-order chi connectivity index (χ1) is 17.0. The second-order valence-corrected chi connectivity index (χ2v) is 10.0. The fourth-order valence-corrected chi connectivity index (χ4v) is 5.81. The Balaban J connectivity index is 1.41. The summed E-state index contributed by atoms with van der Waals surface area (Å²) in [4.78, 5) is 21.8. The van der Waals surface area contributed by atoms with Crippen LogP contribution >= 0.6 is 35.0 Å². The Morgan fingerprint density at radius 2 is 1.89 bits per heavy atom. The maximum Gasteiger partial charge on any atom is 0.261 e. The molecule has 2 aliphatic rings. The van der Waals surface area contributed by atoms with E-state index in [1.807, 2.05) is 31.2 Å². The van der Waals surface area contributed by atoms with Crippen LogP contribution in [0.15, 0.2) is 47.5 Å². The van der Waals surface area contributed by atoms with E-state index in [1.54, 1.807) is 23.1 Å². The summed E-state index contributed by atoms with van der Waals surface area (Å²) < 4.78 is 0. The van der Waals surface area contributed by atoms with Crippen molar-refractivity contribution in [3.8, 4) is 6.07 Å². The van der Waals surface area contributed by atoms with Gasteiger partial charge >= 0.3 is 0 Å². The Bertz CT molecular complexity index is 1330. The third kappa shape index (κ3) is 4.65. The summed E-state index contributed by atoms with van der Waals surface area (Å²) in [6.07, 6.45) is 0. The summed E-state index contributed by atoms with van der Waals surface area (Å²) in [6, 6.07) is 15.1. The molecule has 35 heavy (non-hydrogen) atoms. The van der Waals surface area contributed by atoms with Crippen molar-refractivity contribution in [2.45, 2.75) is 11.9 Å². The zero-order valence-electron chi connectivity index (χ0n) is 18.9. The zero-order valence-corrected chi connectivity index (χ0v) is 21.3. The molecule has 0 atom stereocenters. The van der Waals surface area contributed by atoms with E-state index in [-0.39, 0.29) is 5.91 Å². The van der Waals surface area contributed by atoms with Crippen molar-refractivity contribution >= 4 is 63.8 Å². The van der Waals surface area contributed by atoms with Crippen molar-refractivity contribution in [3.05, 3.63) is 69.2 Å². The number of fused-ring (bicyclic) bond motifs is 1. The Morgan fingerprint density at radius 3 is 2.60 bits per heavy atom. The number of rotatable bonds is 4. The number of nitrogens with one attached hydrogen (secondary N) is 2. The van der Waals surface area contributed by atoms with Crippen molar-refractivity contribution in [1.82, 2.24) is 10.3 Å². The monoisotopic (exact) mass is 524 g/mol. The van der Waals surface area contributed by atoms with E-state index < -0.39 is 0 Å². The van der Waals surface area contributed by atoms with E-state index in [0.29, 0.717) is 43.6 Å². The molecule has 0 bridgehead atoms. The molecule has 1 amide bonds. The molecule has 2 aromatic carbocycles. The number of pyridine rings is 1. The third-order valence-electron chi connectivity index (χ3n) is 6.03. The lowest BCUT2D eigenvalue weighted by atomic mass is 10.1. The van der Waals surface area contributed by atoms with E-state index in [4.69, 9.17) is 28.2 Å². The van der Waals surface area contributed by atoms with Crippen LogP contribution in [0.3, 0.4) is 0 Å². The van der Waals surface area contributed by atoms with Crippen molar-refractivity contribution < 1.29 is 4.79 Å². The summed E-state index contributed by atoms with van der Waals surface area (Å²) >= 11 is 14.1. The molecular formula is C25H22Cl2N6OS. The molecule has 2 aliphatic heterocycles. The minimum Gasteiger partial charge on any atom is -0.368 e. The number of thioether (sulfide) groups is 1. The van der Waals surface area contributed by atoms with Crippen LogP contribution in [-0.2, 0) is 0 Å². The van der Waals surface area contributed by atoms with E-state index in [0.717, 1.165) is 43.1 Å². The van der Waals surface area contributed by atoms with Gasteiger partial charge in [0.1, 0.15) is 16.9 Å². The van der Waals surface area contributed by atoms with Gasteiger partial charge in [0.05, 0.1) is 38.4 Å². The number of carbonyl (C=O) groups is 1. The highest BCUT2D eigenvalue weighted by atomic mass is 35.5. The van der Waals surface area contributed by atoms with Gasteiger partial charge in [0, 0.05) is 31.9 Å². The van der Waals surface area contributed by atoms with Crippen molar-refractivity contribution in [1.29, 1.82) is 5.26 Å². The molecular weight excluding hydrogens is 503 g/mol. The lowest BCUT2D eigenvalue weighted by Crippen LogP contribution is -2.43. The maximum absolute atomic E-state index is 13.3. The number of nitrogens with zero attached hydrogens (tertiary/aromatic N) is 4. The Morgan fingerprint density at radius 1 is 1.14 bits per heavy atom. The number of aryl methyl sites for hydroxylation is 1. The molecule has 2 N–H and O–H groups in total. The minimum atomic E-state index is -0.192. The highest BCUT2D eigenvalue weighted by molar-refractivity contribution is 7.99. The normalized spacial score (nSPS) is 15.5. The molecule has 7 nitrogen and oxygen atoms in total. The SMILES string of the molecule is Cc1cc2c(nc1Nc1ccc(N3CCNCC3)c(C#N)c1)SCN(c1c(Cl)cccc1Cl)C2=O. The van der Waals surface area contributed by atoms with Gasteiger partial charge in [0.15, 0.2) is 0 Å². The van der Waals surface area contributed by atoms with E-state index in [1.165, 1.54) is 11.8 Å². The van der Waals surface area contributed by atoms with Gasteiger partial charge in [-0.2, -0.15) is 5.26 Å². The second kappa shape index (κ2) is 9.96. The smallest absolute Gasteiger partial charge is 0.261 e. The fourth-order valence-electron chi connectivity index (χ4n) is 4.25. The van der Waals surface area contributed by atoms with Crippen LogP contribution in [0.5, 0.6) is 0 Å². The Labute approximate surface area is 218 Å². The van der Waals surface area contributed by atoms with E-state index >= 15 is 0 Å². The maximum atomic E-state index is 13.3. The van der Waals surface area contributed by atoms with Gasteiger partial charge in [-0.15, -0.1) is 0 Å². The molecule has 3 aromatic rings. The van der Waals surface area contributed by atoms with Gasteiger partial charge in [0.25, 0.3) is 5.91 Å². The zero-order chi connectivity index (χ0) is 24.5. The Kier molecular flexibility index (Phi) is 6.76. The molecule has 178 valence electrons. The van der Waals surface area contributed by atoms with Crippen LogP contribution in [0, 0.1) is 18.3 Å². The van der Waals surface area contributed by atoms with Gasteiger partial charge in [-0.25, -0.2) is 4.98 Å². The second-order valence-electron chi connectivity index (χ2n) is 8.29. The predicted molar refractivity (Wildman–Crippen MR) is 142 cm³/mol. The standard InChI is InChI=1S/C25H22Cl2N6OS/c1-15-11-18-24(35-14-33(25(18)34)22-19(26)3-2-4-20(22)27)31-23(15)30-17-5-6-21(16(12-17)13-28)32-9-7-29-8-10-32/h2-6,11-12,29H,7-10,14H2,1H3,(H,30,31). The number of hydrogen-bond donors (Lipinski definition) is 2. The summed E-state index contributed by atoms with van der Waals surface area (Å²) in [5.74, 6) is 0.804. The topological polar surface area (TPSA) is 84.3 Å². The molecule has 0 saturated carbocycles. The van der Waals surface area contributed by atoms with Gasteiger partial charge in [-0.3, -0.25) is 9.69 Å². The van der Waals surface area contributed by atoms with Crippen LogP contribution in [0.4, 0.5) is 22.9 Å². The van der Waals surface area contributed by atoms with Gasteiger partial charge in [0.2, 0.25) is 0 Å². The number of hydrogen-bond acceptors (Lipinski definition) is 7. The summed E-state index contributed by atoms with van der Waals surface area (Å²) in [6.45, 7) is 5.44. The van der Waals surface area contributed by atoms with Gasteiger partial charge in [-0.05, 0) is 48.9 Å². The number of aromatic nitrogens is 1. The number of piperazine rings is 1. The van der Waals surface area contributed by atoms with Crippen molar-refractivity contribution in [3.63, 3.8) is 0 Å². The molecule has 1 fully saturated rings. The minimum absolute atomic E-state index is 0.192. The summed E-state index contributed by atoms with van der Waals surface area (Å²) in [7, 11) is 0. The van der Waals surface area contributed by atoms with Gasteiger partial charge < -0.3 is 15.5 Å². The molecule has 3 heterocycles. The molecule has 5 rings (SSSR count). The van der Waals surface area contributed by atoms with Crippen LogP contribution in [0.2, 0.25) is 10.0 Å². The number of halogens is 2. The first-order valence-corrected chi connectivity index (χ1v) is 12.9. The first-order valence-electron chi connectivity index (χ1n) is 11.1. The van der Waals surface area contributed by atoms with Crippen molar-refractivity contribution in [2.75, 3.05) is 47.2 Å².